The van der Waals surface area contributed by atoms with Crippen LogP contribution in [0.1, 0.15) is 26.4 Å². The van der Waals surface area contributed by atoms with Crippen molar-refractivity contribution >= 4 is 11.9 Å². The lowest BCUT2D eigenvalue weighted by Crippen LogP contribution is -2.26. The van der Waals surface area contributed by atoms with Gasteiger partial charge >= 0.3 is 5.97 Å². The number of amides is 1. The van der Waals surface area contributed by atoms with E-state index in [1.54, 1.807) is 10.9 Å². The zero-order valence-electron chi connectivity index (χ0n) is 10.9. The number of aromatic carboxylic acids is 1. The highest BCUT2D eigenvalue weighted by Gasteiger charge is 2.09. The van der Waals surface area contributed by atoms with Gasteiger partial charge in [-0.25, -0.2) is 4.79 Å². The van der Waals surface area contributed by atoms with Crippen LogP contribution >= 0.6 is 0 Å². The van der Waals surface area contributed by atoms with Gasteiger partial charge in [0.2, 0.25) is 0 Å². The Bertz CT molecular complexity index is 619. The average Bonchev–Trinajstić information content (AvgIpc) is 2.84. The van der Waals surface area contributed by atoms with E-state index in [1.165, 1.54) is 18.3 Å². The fourth-order valence-electron chi connectivity index (χ4n) is 1.67. The minimum Gasteiger partial charge on any atom is -0.478 e. The molecular formula is C13H14N4O3. The zero-order chi connectivity index (χ0) is 14.5. The third-order valence-corrected chi connectivity index (χ3v) is 2.70. The summed E-state index contributed by atoms with van der Waals surface area (Å²) in [6.45, 7) is 0.465. The molecule has 0 fully saturated rings. The number of carboxylic acid groups (broad SMARTS) is 1. The average molecular weight is 274 g/mol. The Balaban J connectivity index is 1.86. The van der Waals surface area contributed by atoms with E-state index < -0.39 is 5.97 Å². The van der Waals surface area contributed by atoms with E-state index in [0.717, 1.165) is 5.56 Å². The van der Waals surface area contributed by atoms with Gasteiger partial charge in [-0.05, 0) is 24.1 Å². The highest BCUT2D eigenvalue weighted by Crippen LogP contribution is 2.01. The minimum atomic E-state index is -1.07. The molecule has 2 rings (SSSR count). The molecule has 0 atom stereocenters. The maximum Gasteiger partial charge on any atom is 0.337 e. The fraction of sp³-hybridized carbons (Fsp3) is 0.231. The smallest absolute Gasteiger partial charge is 0.337 e. The number of carboxylic acids is 1. The van der Waals surface area contributed by atoms with Crippen molar-refractivity contribution < 1.29 is 14.7 Å². The Morgan fingerprint density at radius 2 is 2.15 bits per heavy atom. The maximum atomic E-state index is 11.8. The number of pyridine rings is 1. The summed E-state index contributed by atoms with van der Waals surface area (Å²) < 4.78 is 1.70. The van der Waals surface area contributed by atoms with Crippen molar-refractivity contribution in [3.63, 3.8) is 0 Å². The van der Waals surface area contributed by atoms with Gasteiger partial charge in [-0.1, -0.05) is 0 Å². The third-order valence-electron chi connectivity index (χ3n) is 2.70. The number of carbonyl (C=O) groups is 2. The van der Waals surface area contributed by atoms with E-state index >= 15 is 0 Å². The van der Waals surface area contributed by atoms with Gasteiger partial charge in [0.1, 0.15) is 5.69 Å². The van der Waals surface area contributed by atoms with E-state index in [4.69, 9.17) is 5.11 Å². The standard InChI is InChI=1S/C13H14N4O3/c1-17-8-9(6-16-17)4-5-14-12(18)11-3-2-10(7-15-11)13(19)20/h2-3,6-8H,4-5H2,1H3,(H,14,18)(H,19,20). The molecule has 1 amide bonds. The van der Waals surface area contributed by atoms with Crippen molar-refractivity contribution in [2.24, 2.45) is 7.05 Å². The van der Waals surface area contributed by atoms with E-state index in [0.29, 0.717) is 13.0 Å². The lowest BCUT2D eigenvalue weighted by Gasteiger charge is -2.03. The van der Waals surface area contributed by atoms with Crippen molar-refractivity contribution in [1.29, 1.82) is 0 Å². The van der Waals surface area contributed by atoms with Crippen LogP contribution in [0, 0.1) is 0 Å². The molecule has 0 aliphatic heterocycles. The predicted octanol–water partition coefficient (Wildman–Crippen LogP) is 0.486. The van der Waals surface area contributed by atoms with Crippen LogP contribution in [0.3, 0.4) is 0 Å². The summed E-state index contributed by atoms with van der Waals surface area (Å²) in [4.78, 5) is 26.3. The molecular weight excluding hydrogens is 260 g/mol. The molecule has 0 radical (unpaired) electrons. The molecule has 2 N–H and O–H groups in total. The fourth-order valence-corrected chi connectivity index (χ4v) is 1.67. The number of nitrogens with one attached hydrogen (secondary N) is 1. The highest BCUT2D eigenvalue weighted by molar-refractivity contribution is 5.93. The first-order valence-electron chi connectivity index (χ1n) is 6.01. The highest BCUT2D eigenvalue weighted by atomic mass is 16.4. The van der Waals surface area contributed by atoms with Crippen LogP contribution in [0.4, 0.5) is 0 Å². The van der Waals surface area contributed by atoms with Crippen molar-refractivity contribution in [3.05, 3.63) is 47.5 Å². The summed E-state index contributed by atoms with van der Waals surface area (Å²) in [7, 11) is 1.83. The van der Waals surface area contributed by atoms with Crippen molar-refractivity contribution in [2.45, 2.75) is 6.42 Å². The first-order valence-corrected chi connectivity index (χ1v) is 6.01. The number of rotatable bonds is 5. The summed E-state index contributed by atoms with van der Waals surface area (Å²) in [5, 5.41) is 15.5. The molecule has 0 saturated carbocycles. The first-order chi connectivity index (χ1) is 9.56. The number of hydrogen-bond donors (Lipinski definition) is 2. The van der Waals surface area contributed by atoms with Crippen LogP contribution in [0.25, 0.3) is 0 Å². The van der Waals surface area contributed by atoms with Gasteiger partial charge in [0.05, 0.1) is 11.8 Å². The van der Waals surface area contributed by atoms with Crippen molar-refractivity contribution in [1.82, 2.24) is 20.1 Å². The third kappa shape index (κ3) is 3.41. The second-order valence-electron chi connectivity index (χ2n) is 4.27. The van der Waals surface area contributed by atoms with E-state index in [2.05, 4.69) is 15.4 Å². The largest absolute Gasteiger partial charge is 0.478 e. The number of carbonyl (C=O) groups excluding carboxylic acids is 1. The number of aryl methyl sites for hydroxylation is 1. The van der Waals surface area contributed by atoms with Gasteiger partial charge in [0.15, 0.2) is 0 Å². The van der Waals surface area contributed by atoms with Gasteiger partial charge in [0.25, 0.3) is 5.91 Å². The summed E-state index contributed by atoms with van der Waals surface area (Å²) in [5.41, 5.74) is 1.28. The molecule has 104 valence electrons. The van der Waals surface area contributed by atoms with Gasteiger partial charge in [0, 0.05) is 26.0 Å². The predicted molar refractivity (Wildman–Crippen MR) is 70.4 cm³/mol. The number of hydrogen-bond acceptors (Lipinski definition) is 4. The molecule has 0 aliphatic carbocycles. The monoisotopic (exact) mass is 274 g/mol. The number of aromatic nitrogens is 3. The molecule has 0 aliphatic rings. The van der Waals surface area contributed by atoms with Gasteiger partial charge in [-0.2, -0.15) is 5.10 Å². The quantitative estimate of drug-likeness (QED) is 0.826. The number of nitrogens with zero attached hydrogens (tertiary/aromatic N) is 3. The van der Waals surface area contributed by atoms with E-state index in [1.807, 2.05) is 13.2 Å². The molecule has 0 spiro atoms. The Hall–Kier alpha value is -2.70. The topological polar surface area (TPSA) is 97.1 Å². The molecule has 7 heteroatoms. The first kappa shape index (κ1) is 13.7. The Labute approximate surface area is 115 Å². The summed E-state index contributed by atoms with van der Waals surface area (Å²) >= 11 is 0. The van der Waals surface area contributed by atoms with Crippen molar-refractivity contribution in [3.8, 4) is 0 Å². The Morgan fingerprint density at radius 1 is 1.35 bits per heavy atom. The molecule has 0 saturated heterocycles. The van der Waals surface area contributed by atoms with Gasteiger partial charge in [-0.15, -0.1) is 0 Å². The molecule has 0 bridgehead atoms. The molecule has 7 nitrogen and oxygen atoms in total. The van der Waals surface area contributed by atoms with Gasteiger partial charge in [-0.3, -0.25) is 14.5 Å². The Kier molecular flexibility index (Phi) is 4.09. The second-order valence-corrected chi connectivity index (χ2v) is 4.27. The van der Waals surface area contributed by atoms with Crippen LogP contribution < -0.4 is 5.32 Å². The molecule has 0 unspecified atom stereocenters. The molecule has 0 aromatic carbocycles. The minimum absolute atomic E-state index is 0.0527. The second kappa shape index (κ2) is 5.96. The lowest BCUT2D eigenvalue weighted by atomic mass is 10.2. The summed E-state index contributed by atoms with van der Waals surface area (Å²) in [6, 6.07) is 2.74. The van der Waals surface area contributed by atoms with Gasteiger partial charge < -0.3 is 10.4 Å². The molecule has 2 heterocycles. The maximum absolute atomic E-state index is 11.8. The Morgan fingerprint density at radius 3 is 2.70 bits per heavy atom. The molecule has 20 heavy (non-hydrogen) atoms. The van der Waals surface area contributed by atoms with Crippen LogP contribution in [0.15, 0.2) is 30.7 Å². The van der Waals surface area contributed by atoms with Crippen LogP contribution in [0.2, 0.25) is 0 Å². The molecule has 2 aromatic rings. The lowest BCUT2D eigenvalue weighted by molar-refractivity contribution is 0.0695. The summed E-state index contributed by atoms with van der Waals surface area (Å²) in [5.74, 6) is -1.40. The SMILES string of the molecule is Cn1cc(CCNC(=O)c2ccc(C(=O)O)cn2)cn1. The zero-order valence-corrected chi connectivity index (χ0v) is 10.9. The van der Waals surface area contributed by atoms with E-state index in [9.17, 15) is 9.59 Å². The van der Waals surface area contributed by atoms with E-state index in [-0.39, 0.29) is 17.2 Å². The van der Waals surface area contributed by atoms with Crippen molar-refractivity contribution in [2.75, 3.05) is 6.54 Å². The normalized spacial score (nSPS) is 10.2. The molecule has 2 aromatic heterocycles. The van der Waals surface area contributed by atoms with Crippen LogP contribution in [0.5, 0.6) is 0 Å². The summed E-state index contributed by atoms with van der Waals surface area (Å²) in [6.07, 6.45) is 5.46. The van der Waals surface area contributed by atoms with Crippen LogP contribution in [-0.2, 0) is 13.5 Å². The van der Waals surface area contributed by atoms with Crippen LogP contribution in [-0.4, -0.2) is 38.3 Å².